The molecule has 0 fully saturated rings. The Morgan fingerprint density at radius 3 is 1.72 bits per heavy atom. The lowest BCUT2D eigenvalue weighted by molar-refractivity contribution is 0.426. The van der Waals surface area contributed by atoms with Crippen molar-refractivity contribution in [2.45, 2.75) is 0 Å². The van der Waals surface area contributed by atoms with Crippen LogP contribution in [0.5, 0.6) is 0 Å². The van der Waals surface area contributed by atoms with E-state index in [9.17, 15) is 13.2 Å². The molecule has 2 rings (SSSR count). The van der Waals surface area contributed by atoms with Crippen LogP contribution in [0.2, 0.25) is 0 Å². The van der Waals surface area contributed by atoms with Gasteiger partial charge in [0.15, 0.2) is 17.5 Å². The highest BCUT2D eigenvalue weighted by Gasteiger charge is 2.13. The molecule has 6 heteroatoms. The summed E-state index contributed by atoms with van der Waals surface area (Å²) in [7, 11) is -1.61. The second-order valence-corrected chi connectivity index (χ2v) is 3.75. The predicted octanol–water partition coefficient (Wildman–Crippen LogP) is 1.45. The van der Waals surface area contributed by atoms with Crippen LogP contribution in [0.15, 0.2) is 36.4 Å². The van der Waals surface area contributed by atoms with E-state index in [0.29, 0.717) is 5.56 Å². The highest BCUT2D eigenvalue weighted by atomic mass is 19.2. The molecule has 0 spiro atoms. The summed E-state index contributed by atoms with van der Waals surface area (Å²) in [6.45, 7) is 0. The molecule has 0 aliphatic rings. The molecule has 2 nitrogen and oxygen atoms in total. The quantitative estimate of drug-likeness (QED) is 0.627. The minimum atomic E-state index is -1.61. The molecule has 0 radical (unpaired) electrons. The summed E-state index contributed by atoms with van der Waals surface area (Å²) < 4.78 is 38.9. The second-order valence-electron chi connectivity index (χ2n) is 3.75. The van der Waals surface area contributed by atoms with E-state index in [-0.39, 0.29) is 11.0 Å². The molecule has 0 unspecified atom stereocenters. The minimum absolute atomic E-state index is 0.172. The van der Waals surface area contributed by atoms with Crippen LogP contribution >= 0.6 is 0 Å². The normalized spacial score (nSPS) is 10.5. The average molecular weight is 252 g/mol. The first kappa shape index (κ1) is 12.7. The van der Waals surface area contributed by atoms with Gasteiger partial charge in [0.1, 0.15) is 0 Å². The lowest BCUT2D eigenvalue weighted by Gasteiger charge is -2.05. The summed E-state index contributed by atoms with van der Waals surface area (Å²) >= 11 is 0. The van der Waals surface area contributed by atoms with Gasteiger partial charge in [0, 0.05) is 0 Å². The average Bonchev–Trinajstić information content (AvgIpc) is 2.35. The molecule has 0 aliphatic heterocycles. The number of benzene rings is 2. The summed E-state index contributed by atoms with van der Waals surface area (Å²) in [5.74, 6) is -4.05. The molecule has 0 aliphatic carbocycles. The zero-order valence-electron chi connectivity index (χ0n) is 9.07. The van der Waals surface area contributed by atoms with Gasteiger partial charge in [0.25, 0.3) is 0 Å². The van der Waals surface area contributed by atoms with Crippen LogP contribution in [0.25, 0.3) is 11.1 Å². The van der Waals surface area contributed by atoms with E-state index in [0.717, 1.165) is 12.1 Å². The topological polar surface area (TPSA) is 40.5 Å². The molecule has 92 valence electrons. The predicted molar refractivity (Wildman–Crippen MR) is 61.6 cm³/mol. The molecule has 0 saturated heterocycles. The van der Waals surface area contributed by atoms with Crippen LogP contribution in [-0.4, -0.2) is 17.2 Å². The number of hydrogen-bond donors (Lipinski definition) is 2. The van der Waals surface area contributed by atoms with Gasteiger partial charge in [0.05, 0.1) is 0 Å². The third-order valence-corrected chi connectivity index (χ3v) is 2.53. The van der Waals surface area contributed by atoms with E-state index in [1.165, 1.54) is 24.3 Å². The molecule has 18 heavy (non-hydrogen) atoms. The van der Waals surface area contributed by atoms with Crippen molar-refractivity contribution in [2.75, 3.05) is 0 Å². The fourth-order valence-corrected chi connectivity index (χ4v) is 1.57. The molecule has 0 atom stereocenters. The van der Waals surface area contributed by atoms with Crippen molar-refractivity contribution in [3.05, 3.63) is 53.8 Å². The third kappa shape index (κ3) is 2.39. The van der Waals surface area contributed by atoms with Gasteiger partial charge in [-0.05, 0) is 28.7 Å². The Labute approximate surface area is 101 Å². The van der Waals surface area contributed by atoms with Crippen molar-refractivity contribution in [3.63, 3.8) is 0 Å². The van der Waals surface area contributed by atoms with Gasteiger partial charge in [-0.25, -0.2) is 13.2 Å². The Kier molecular flexibility index (Phi) is 3.40. The van der Waals surface area contributed by atoms with Crippen molar-refractivity contribution in [2.24, 2.45) is 0 Å². The van der Waals surface area contributed by atoms with Crippen LogP contribution in [-0.2, 0) is 0 Å². The van der Waals surface area contributed by atoms with Crippen LogP contribution in [0.4, 0.5) is 13.2 Å². The molecule has 2 aromatic carbocycles. The van der Waals surface area contributed by atoms with E-state index >= 15 is 0 Å². The van der Waals surface area contributed by atoms with Crippen LogP contribution in [0, 0.1) is 17.5 Å². The molecule has 2 aromatic rings. The van der Waals surface area contributed by atoms with E-state index in [4.69, 9.17) is 10.0 Å². The second kappa shape index (κ2) is 4.84. The largest absolute Gasteiger partial charge is 0.488 e. The monoisotopic (exact) mass is 252 g/mol. The zero-order chi connectivity index (χ0) is 13.3. The Morgan fingerprint density at radius 2 is 1.28 bits per heavy atom. The fraction of sp³-hybridized carbons (Fsp3) is 0. The van der Waals surface area contributed by atoms with Gasteiger partial charge in [-0.1, -0.05) is 24.3 Å². The van der Waals surface area contributed by atoms with Crippen molar-refractivity contribution in [3.8, 4) is 11.1 Å². The smallest absolute Gasteiger partial charge is 0.423 e. The van der Waals surface area contributed by atoms with Crippen LogP contribution in [0.1, 0.15) is 0 Å². The summed E-state index contributed by atoms with van der Waals surface area (Å²) in [5, 5.41) is 17.8. The SMILES string of the molecule is OB(O)c1ccc(-c2cc(F)c(F)c(F)c2)cc1. The van der Waals surface area contributed by atoms with E-state index in [1.807, 2.05) is 0 Å². The molecular formula is C12H8BF3O2. The highest BCUT2D eigenvalue weighted by Crippen LogP contribution is 2.23. The highest BCUT2D eigenvalue weighted by molar-refractivity contribution is 6.58. The van der Waals surface area contributed by atoms with Gasteiger partial charge in [-0.2, -0.15) is 0 Å². The summed E-state index contributed by atoms with van der Waals surface area (Å²) in [6.07, 6.45) is 0. The van der Waals surface area contributed by atoms with Crippen LogP contribution < -0.4 is 5.46 Å². The first-order valence-electron chi connectivity index (χ1n) is 5.10. The fourth-order valence-electron chi connectivity index (χ4n) is 1.57. The molecule has 2 N–H and O–H groups in total. The molecule has 0 saturated carbocycles. The van der Waals surface area contributed by atoms with Gasteiger partial charge in [0.2, 0.25) is 0 Å². The standard InChI is InChI=1S/C12H8BF3O2/c14-10-5-8(6-11(15)12(10)16)7-1-3-9(4-2-7)13(17)18/h1-6,17-18H. The maximum atomic E-state index is 13.0. The Balaban J connectivity index is 2.43. The summed E-state index contributed by atoms with van der Waals surface area (Å²) in [4.78, 5) is 0. The molecule has 0 aromatic heterocycles. The lowest BCUT2D eigenvalue weighted by atomic mass is 9.80. The Morgan fingerprint density at radius 1 is 0.778 bits per heavy atom. The van der Waals surface area contributed by atoms with Crippen molar-refractivity contribution < 1.29 is 23.2 Å². The van der Waals surface area contributed by atoms with E-state index in [2.05, 4.69) is 0 Å². The molecule has 0 amide bonds. The summed E-state index contributed by atoms with van der Waals surface area (Å²) in [6, 6.07) is 7.48. The summed E-state index contributed by atoms with van der Waals surface area (Å²) in [5.41, 5.74) is 0.865. The van der Waals surface area contributed by atoms with Crippen molar-refractivity contribution >= 4 is 12.6 Å². The third-order valence-electron chi connectivity index (χ3n) is 2.53. The van der Waals surface area contributed by atoms with Gasteiger partial charge in [-0.3, -0.25) is 0 Å². The Bertz CT molecular complexity index is 547. The van der Waals surface area contributed by atoms with Crippen LogP contribution in [0.3, 0.4) is 0 Å². The Hall–Kier alpha value is -1.79. The number of hydrogen-bond acceptors (Lipinski definition) is 2. The first-order valence-corrected chi connectivity index (χ1v) is 5.10. The van der Waals surface area contributed by atoms with Crippen molar-refractivity contribution in [1.82, 2.24) is 0 Å². The minimum Gasteiger partial charge on any atom is -0.423 e. The van der Waals surface area contributed by atoms with E-state index in [1.54, 1.807) is 0 Å². The first-order chi connectivity index (χ1) is 8.49. The lowest BCUT2D eigenvalue weighted by Crippen LogP contribution is -2.29. The van der Waals surface area contributed by atoms with Gasteiger partial charge in [-0.15, -0.1) is 0 Å². The van der Waals surface area contributed by atoms with Crippen molar-refractivity contribution in [1.29, 1.82) is 0 Å². The van der Waals surface area contributed by atoms with Gasteiger partial charge >= 0.3 is 7.12 Å². The maximum absolute atomic E-state index is 13.0. The van der Waals surface area contributed by atoms with Gasteiger partial charge < -0.3 is 10.0 Å². The number of halogens is 3. The maximum Gasteiger partial charge on any atom is 0.488 e. The molecule has 0 bridgehead atoms. The zero-order valence-corrected chi connectivity index (χ0v) is 9.07. The van der Waals surface area contributed by atoms with E-state index < -0.39 is 24.6 Å². The molecular weight excluding hydrogens is 244 g/mol. The molecule has 0 heterocycles. The number of rotatable bonds is 2.